The lowest BCUT2D eigenvalue weighted by atomic mass is 10.2. The van der Waals surface area contributed by atoms with Crippen LogP contribution in [0.2, 0.25) is 0 Å². The van der Waals surface area contributed by atoms with Crippen molar-refractivity contribution in [2.45, 2.75) is 6.54 Å². The van der Waals surface area contributed by atoms with Crippen molar-refractivity contribution in [3.63, 3.8) is 0 Å². The van der Waals surface area contributed by atoms with Crippen LogP contribution in [0, 0.1) is 0 Å². The summed E-state index contributed by atoms with van der Waals surface area (Å²) in [5.74, 6) is 5.62. The third kappa shape index (κ3) is 2.39. The number of hydrazine groups is 1. The van der Waals surface area contributed by atoms with Crippen molar-refractivity contribution in [2.75, 3.05) is 5.43 Å². The number of nitrogens with two attached hydrogens (primary N) is 1. The van der Waals surface area contributed by atoms with Gasteiger partial charge in [-0.1, -0.05) is 12.1 Å². The molecular weight excluding hydrogens is 272 g/mol. The Balaban J connectivity index is 2.06. The number of fused-ring (bicyclic) bond motifs is 1. The Bertz CT molecular complexity index is 897. The summed E-state index contributed by atoms with van der Waals surface area (Å²) in [7, 11) is 0. The lowest BCUT2D eigenvalue weighted by molar-refractivity contribution is 0.624. The Labute approximate surface area is 118 Å². The zero-order valence-electron chi connectivity index (χ0n) is 10.9. The van der Waals surface area contributed by atoms with Crippen LogP contribution >= 0.6 is 0 Å². The van der Waals surface area contributed by atoms with Gasteiger partial charge in [0.05, 0.1) is 35.4 Å². The van der Waals surface area contributed by atoms with Gasteiger partial charge in [-0.2, -0.15) is 0 Å². The largest absolute Gasteiger partial charge is 0.307 e. The smallest absolute Gasteiger partial charge is 0.273 e. The highest BCUT2D eigenvalue weighted by atomic mass is 16.2. The summed E-state index contributed by atoms with van der Waals surface area (Å²) in [6, 6.07) is 6.67. The van der Waals surface area contributed by atoms with Crippen LogP contribution in [0.1, 0.15) is 5.69 Å². The second kappa shape index (κ2) is 5.17. The van der Waals surface area contributed by atoms with Gasteiger partial charge in [0.1, 0.15) is 0 Å². The van der Waals surface area contributed by atoms with E-state index in [2.05, 4.69) is 20.5 Å². The van der Waals surface area contributed by atoms with Gasteiger partial charge in [-0.15, -0.1) is 0 Å². The predicted molar refractivity (Wildman–Crippen MR) is 77.8 cm³/mol. The first-order valence-corrected chi connectivity index (χ1v) is 6.18. The van der Waals surface area contributed by atoms with Gasteiger partial charge in [-0.05, 0) is 12.1 Å². The molecule has 3 rings (SSSR count). The minimum Gasteiger partial charge on any atom is -0.307 e. The number of hydrogen-bond donors (Lipinski definition) is 3. The maximum Gasteiger partial charge on any atom is 0.273 e. The molecule has 2 aromatic heterocycles. The number of nitrogen functional groups attached to an aromatic ring is 1. The molecule has 0 aliphatic heterocycles. The van der Waals surface area contributed by atoms with E-state index in [0.29, 0.717) is 22.3 Å². The maximum atomic E-state index is 12.3. The van der Waals surface area contributed by atoms with Crippen LogP contribution in [0.5, 0.6) is 0 Å². The quantitative estimate of drug-likeness (QED) is 0.453. The van der Waals surface area contributed by atoms with E-state index in [1.807, 2.05) is 0 Å². The molecular formula is C13H12N6O2. The zero-order chi connectivity index (χ0) is 14.8. The molecule has 0 radical (unpaired) electrons. The average molecular weight is 284 g/mol. The summed E-state index contributed by atoms with van der Waals surface area (Å²) in [5.41, 5.74) is 2.29. The number of nitrogens with one attached hydrogen (secondary N) is 2. The SMILES string of the molecule is NNc1cnc(Cn2[nH]c(=O)c3ccccc3c2=O)cn1. The summed E-state index contributed by atoms with van der Waals surface area (Å²) in [6.45, 7) is 0.122. The molecule has 21 heavy (non-hydrogen) atoms. The molecule has 3 aromatic rings. The van der Waals surface area contributed by atoms with Gasteiger partial charge < -0.3 is 5.43 Å². The number of anilines is 1. The van der Waals surface area contributed by atoms with Gasteiger partial charge in [0.15, 0.2) is 5.82 Å². The van der Waals surface area contributed by atoms with E-state index in [0.717, 1.165) is 0 Å². The topological polar surface area (TPSA) is 119 Å². The van der Waals surface area contributed by atoms with Gasteiger partial charge in [-0.25, -0.2) is 15.5 Å². The van der Waals surface area contributed by atoms with Crippen LogP contribution < -0.4 is 22.4 Å². The maximum absolute atomic E-state index is 12.3. The Morgan fingerprint density at radius 1 is 1.14 bits per heavy atom. The number of rotatable bonds is 3. The van der Waals surface area contributed by atoms with E-state index in [1.54, 1.807) is 24.3 Å². The number of nitrogens with zero attached hydrogens (tertiary/aromatic N) is 3. The highest BCUT2D eigenvalue weighted by Crippen LogP contribution is 2.04. The van der Waals surface area contributed by atoms with Gasteiger partial charge in [0.2, 0.25) is 0 Å². The first-order chi connectivity index (χ1) is 10.2. The molecule has 0 aliphatic rings. The molecule has 0 saturated carbocycles. The number of H-pyrrole nitrogens is 1. The van der Waals surface area contributed by atoms with Crippen LogP contribution in [-0.2, 0) is 6.54 Å². The molecule has 0 atom stereocenters. The predicted octanol–water partition coefficient (Wildman–Crippen LogP) is -0.186. The fourth-order valence-electron chi connectivity index (χ4n) is 2.03. The standard InChI is InChI=1S/C13H12N6O2/c14-17-11-6-15-8(5-16-11)7-19-13(21)10-4-2-1-3-9(10)12(20)18-19/h1-6H,7,14H2,(H,16,17)(H,18,20). The van der Waals surface area contributed by atoms with Crippen molar-refractivity contribution >= 4 is 16.6 Å². The number of benzene rings is 1. The van der Waals surface area contributed by atoms with Crippen LogP contribution in [0.25, 0.3) is 10.8 Å². The number of aromatic nitrogens is 4. The fourth-order valence-corrected chi connectivity index (χ4v) is 2.03. The van der Waals surface area contributed by atoms with Gasteiger partial charge >= 0.3 is 0 Å². The van der Waals surface area contributed by atoms with Gasteiger partial charge in [0, 0.05) is 0 Å². The molecule has 0 aliphatic carbocycles. The second-order valence-electron chi connectivity index (χ2n) is 4.42. The normalized spacial score (nSPS) is 10.7. The molecule has 0 amide bonds. The van der Waals surface area contributed by atoms with Crippen molar-refractivity contribution in [1.29, 1.82) is 0 Å². The monoisotopic (exact) mass is 284 g/mol. The molecule has 1 aromatic carbocycles. The molecule has 0 bridgehead atoms. The van der Waals surface area contributed by atoms with Crippen molar-refractivity contribution in [3.8, 4) is 0 Å². The molecule has 8 heteroatoms. The lowest BCUT2D eigenvalue weighted by Crippen LogP contribution is -2.30. The van der Waals surface area contributed by atoms with Crippen LogP contribution in [0.15, 0.2) is 46.2 Å². The Hall–Kier alpha value is -3.00. The summed E-state index contributed by atoms with van der Waals surface area (Å²) >= 11 is 0. The molecule has 2 heterocycles. The first-order valence-electron chi connectivity index (χ1n) is 6.18. The summed E-state index contributed by atoms with van der Waals surface area (Å²) < 4.78 is 1.21. The Morgan fingerprint density at radius 2 is 1.90 bits per heavy atom. The second-order valence-corrected chi connectivity index (χ2v) is 4.42. The zero-order valence-corrected chi connectivity index (χ0v) is 10.9. The van der Waals surface area contributed by atoms with E-state index >= 15 is 0 Å². The van der Waals surface area contributed by atoms with Crippen molar-refractivity contribution in [2.24, 2.45) is 5.84 Å². The molecule has 4 N–H and O–H groups in total. The lowest BCUT2D eigenvalue weighted by Gasteiger charge is -2.07. The Kier molecular flexibility index (Phi) is 3.20. The summed E-state index contributed by atoms with van der Waals surface area (Å²) in [4.78, 5) is 32.4. The minimum atomic E-state index is -0.321. The molecule has 0 saturated heterocycles. The average Bonchev–Trinajstić information content (AvgIpc) is 2.53. The summed E-state index contributed by atoms with van der Waals surface area (Å²) in [6.07, 6.45) is 2.93. The van der Waals surface area contributed by atoms with E-state index in [4.69, 9.17) is 5.84 Å². The van der Waals surface area contributed by atoms with Crippen LogP contribution in [0.3, 0.4) is 0 Å². The van der Waals surface area contributed by atoms with Crippen LogP contribution in [0.4, 0.5) is 5.82 Å². The molecule has 8 nitrogen and oxygen atoms in total. The van der Waals surface area contributed by atoms with Gasteiger partial charge in [0.25, 0.3) is 11.1 Å². The van der Waals surface area contributed by atoms with E-state index in [1.165, 1.54) is 17.1 Å². The van der Waals surface area contributed by atoms with Gasteiger partial charge in [-0.3, -0.25) is 19.7 Å². The highest BCUT2D eigenvalue weighted by molar-refractivity contribution is 5.80. The molecule has 0 spiro atoms. The number of hydrogen-bond acceptors (Lipinski definition) is 6. The van der Waals surface area contributed by atoms with Crippen molar-refractivity contribution < 1.29 is 0 Å². The third-order valence-electron chi connectivity index (χ3n) is 3.06. The third-order valence-corrected chi connectivity index (χ3v) is 3.06. The fraction of sp³-hybridized carbons (Fsp3) is 0.0769. The van der Waals surface area contributed by atoms with E-state index < -0.39 is 0 Å². The summed E-state index contributed by atoms with van der Waals surface area (Å²) in [5, 5.41) is 3.27. The highest BCUT2D eigenvalue weighted by Gasteiger charge is 2.07. The molecule has 0 fully saturated rings. The molecule has 0 unspecified atom stereocenters. The van der Waals surface area contributed by atoms with Crippen molar-refractivity contribution in [3.05, 3.63) is 63.1 Å². The number of aromatic amines is 1. The molecule has 106 valence electrons. The van der Waals surface area contributed by atoms with Crippen molar-refractivity contribution in [1.82, 2.24) is 19.7 Å². The minimum absolute atomic E-state index is 0.122. The first kappa shape index (κ1) is 13.0. The Morgan fingerprint density at radius 3 is 2.57 bits per heavy atom. The van der Waals surface area contributed by atoms with E-state index in [9.17, 15) is 9.59 Å². The van der Waals surface area contributed by atoms with Crippen LogP contribution in [-0.4, -0.2) is 19.7 Å². The van der Waals surface area contributed by atoms with E-state index in [-0.39, 0.29) is 17.7 Å².